The zero-order valence-electron chi connectivity index (χ0n) is 19.8. The summed E-state index contributed by atoms with van der Waals surface area (Å²) in [6, 6.07) is 4.20. The zero-order chi connectivity index (χ0) is 25.3. The van der Waals surface area contributed by atoms with Crippen LogP contribution >= 0.6 is 11.3 Å². The number of hydrogen-bond donors (Lipinski definition) is 2. The molecule has 2 aromatic rings. The van der Waals surface area contributed by atoms with Gasteiger partial charge in [-0.1, -0.05) is 25.7 Å². The van der Waals surface area contributed by atoms with Gasteiger partial charge in [-0.3, -0.25) is 9.59 Å². The van der Waals surface area contributed by atoms with E-state index in [0.717, 1.165) is 55.7 Å². The molecule has 0 bridgehead atoms. The highest BCUT2D eigenvalue weighted by Crippen LogP contribution is 2.37. The first kappa shape index (κ1) is 24.9. The molecule has 2 aliphatic carbocycles. The predicted octanol–water partition coefficient (Wildman–Crippen LogP) is 4.52. The third-order valence-corrected chi connectivity index (χ3v) is 7.99. The second-order valence-electron chi connectivity index (χ2n) is 9.78. The molecule has 1 atom stereocenters. The predicted molar refractivity (Wildman–Crippen MR) is 129 cm³/mol. The summed E-state index contributed by atoms with van der Waals surface area (Å²) in [5.74, 6) is 0.187. The minimum absolute atomic E-state index is 0.118. The minimum atomic E-state index is -4.50. The lowest BCUT2D eigenvalue weighted by Crippen LogP contribution is -2.48. The van der Waals surface area contributed by atoms with Gasteiger partial charge >= 0.3 is 6.18 Å². The molecule has 11 heteroatoms. The molecule has 0 spiro atoms. The van der Waals surface area contributed by atoms with E-state index in [9.17, 15) is 22.8 Å². The first-order valence-electron chi connectivity index (χ1n) is 12.4. The second kappa shape index (κ2) is 10.3. The van der Waals surface area contributed by atoms with Crippen LogP contribution in [0.5, 0.6) is 5.88 Å². The molecule has 7 nitrogen and oxygen atoms in total. The highest BCUT2D eigenvalue weighted by molar-refractivity contribution is 7.14. The van der Waals surface area contributed by atoms with Gasteiger partial charge in [0.15, 0.2) is 0 Å². The maximum absolute atomic E-state index is 13.2. The van der Waals surface area contributed by atoms with Crippen molar-refractivity contribution >= 4 is 28.8 Å². The number of nitrogens with one attached hydrogen (secondary N) is 2. The van der Waals surface area contributed by atoms with Gasteiger partial charge in [0.05, 0.1) is 23.5 Å². The maximum atomic E-state index is 13.2. The lowest BCUT2D eigenvalue weighted by Gasteiger charge is -2.30. The van der Waals surface area contributed by atoms with Crippen molar-refractivity contribution in [1.82, 2.24) is 15.6 Å². The standard InChI is InChI=1S/C25H29F3N4O3S/c26-25(27,28)16-12-20-24(29-13-16)35-10-9-32(20)14-18-7-8-21(36-18)23(34)31-19(11-15-3-1-2-4-15)22(33)30-17-5-6-17/h7-8,12-13,15,17,19H,1-6,9-11,14H2,(H,30,33)(H,31,34)/t19-/m0/s1. The number of alkyl halides is 3. The molecule has 1 aliphatic heterocycles. The van der Waals surface area contributed by atoms with Gasteiger partial charge in [-0.2, -0.15) is 13.2 Å². The normalized spacial score (nSPS) is 18.9. The molecule has 0 unspecified atom stereocenters. The molecular weight excluding hydrogens is 493 g/mol. The minimum Gasteiger partial charge on any atom is -0.474 e. The number of halogens is 3. The van der Waals surface area contributed by atoms with Crippen molar-refractivity contribution in [2.75, 3.05) is 18.1 Å². The van der Waals surface area contributed by atoms with E-state index >= 15 is 0 Å². The average Bonchev–Trinajstić information content (AvgIpc) is 3.29. The van der Waals surface area contributed by atoms with E-state index in [2.05, 4.69) is 15.6 Å². The molecule has 0 radical (unpaired) electrons. The van der Waals surface area contributed by atoms with Gasteiger partial charge in [0.25, 0.3) is 5.91 Å². The Kier molecular flexibility index (Phi) is 7.09. The van der Waals surface area contributed by atoms with Crippen molar-refractivity contribution in [2.45, 2.75) is 69.8 Å². The summed E-state index contributed by atoms with van der Waals surface area (Å²) < 4.78 is 45.0. The highest BCUT2D eigenvalue weighted by atomic mass is 32.1. The summed E-state index contributed by atoms with van der Waals surface area (Å²) in [6.07, 6.45) is 3.36. The number of amides is 2. The van der Waals surface area contributed by atoms with Crippen molar-refractivity contribution in [2.24, 2.45) is 5.92 Å². The van der Waals surface area contributed by atoms with Crippen molar-refractivity contribution in [3.05, 3.63) is 39.7 Å². The van der Waals surface area contributed by atoms with Crippen LogP contribution in [-0.4, -0.2) is 42.0 Å². The van der Waals surface area contributed by atoms with E-state index in [1.54, 1.807) is 17.0 Å². The molecule has 2 amide bonds. The molecule has 3 aliphatic rings. The number of nitrogens with zero attached hydrogens (tertiary/aromatic N) is 2. The molecule has 2 N–H and O–H groups in total. The third kappa shape index (κ3) is 5.93. The van der Waals surface area contributed by atoms with E-state index in [1.165, 1.54) is 11.3 Å². The van der Waals surface area contributed by atoms with Gasteiger partial charge in [0.2, 0.25) is 11.8 Å². The maximum Gasteiger partial charge on any atom is 0.417 e. The van der Waals surface area contributed by atoms with E-state index in [0.29, 0.717) is 36.9 Å². The van der Waals surface area contributed by atoms with Crippen LogP contribution < -0.4 is 20.3 Å². The van der Waals surface area contributed by atoms with Crippen molar-refractivity contribution in [3.63, 3.8) is 0 Å². The van der Waals surface area contributed by atoms with Crippen LogP contribution in [0.3, 0.4) is 0 Å². The van der Waals surface area contributed by atoms with Gasteiger partial charge in [0, 0.05) is 17.1 Å². The number of ether oxygens (including phenoxy) is 1. The Morgan fingerprint density at radius 3 is 2.69 bits per heavy atom. The summed E-state index contributed by atoms with van der Waals surface area (Å²) in [6.45, 7) is 1.04. The van der Waals surface area contributed by atoms with E-state index in [4.69, 9.17) is 4.74 Å². The van der Waals surface area contributed by atoms with Gasteiger partial charge < -0.3 is 20.3 Å². The number of aromatic nitrogens is 1. The lowest BCUT2D eigenvalue weighted by molar-refractivity contribution is -0.137. The number of carbonyl (C=O) groups is 2. The third-order valence-electron chi connectivity index (χ3n) is 6.92. The molecule has 2 saturated carbocycles. The molecule has 0 aromatic carbocycles. The molecule has 36 heavy (non-hydrogen) atoms. The fraction of sp³-hybridized carbons (Fsp3) is 0.560. The number of hydrogen-bond acceptors (Lipinski definition) is 6. The van der Waals surface area contributed by atoms with E-state index in [-0.39, 0.29) is 29.4 Å². The summed E-state index contributed by atoms with van der Waals surface area (Å²) in [5, 5.41) is 5.95. The van der Waals surface area contributed by atoms with Crippen LogP contribution in [0.4, 0.5) is 18.9 Å². The first-order chi connectivity index (χ1) is 17.3. The van der Waals surface area contributed by atoms with Crippen LogP contribution in [0.1, 0.15) is 65.1 Å². The summed E-state index contributed by atoms with van der Waals surface area (Å²) in [5.41, 5.74) is -0.551. The van der Waals surface area contributed by atoms with Crippen LogP contribution in [0, 0.1) is 5.92 Å². The number of anilines is 1. The monoisotopic (exact) mass is 522 g/mol. The quantitative estimate of drug-likeness (QED) is 0.533. The Labute approximate surface area is 211 Å². The van der Waals surface area contributed by atoms with Crippen LogP contribution in [-0.2, 0) is 17.5 Å². The Morgan fingerprint density at radius 1 is 1.19 bits per heavy atom. The molecule has 2 fully saturated rings. The van der Waals surface area contributed by atoms with E-state index in [1.807, 2.05) is 0 Å². The zero-order valence-corrected chi connectivity index (χ0v) is 20.6. The van der Waals surface area contributed by atoms with Crippen LogP contribution in [0.25, 0.3) is 0 Å². The highest BCUT2D eigenvalue weighted by Gasteiger charge is 2.34. The fourth-order valence-electron chi connectivity index (χ4n) is 4.81. The smallest absolute Gasteiger partial charge is 0.417 e. The molecule has 3 heterocycles. The molecule has 194 valence electrons. The molecule has 2 aromatic heterocycles. The van der Waals surface area contributed by atoms with Crippen molar-refractivity contribution < 1.29 is 27.5 Å². The number of rotatable bonds is 8. The Balaban J connectivity index is 1.26. The van der Waals surface area contributed by atoms with Gasteiger partial charge in [-0.15, -0.1) is 11.3 Å². The first-order valence-corrected chi connectivity index (χ1v) is 13.2. The Hall–Kier alpha value is -2.82. The number of fused-ring (bicyclic) bond motifs is 1. The van der Waals surface area contributed by atoms with Gasteiger partial charge in [-0.05, 0) is 43.4 Å². The second-order valence-corrected chi connectivity index (χ2v) is 10.9. The van der Waals surface area contributed by atoms with E-state index < -0.39 is 17.8 Å². The largest absolute Gasteiger partial charge is 0.474 e. The number of thiophene rings is 1. The van der Waals surface area contributed by atoms with Crippen LogP contribution in [0.2, 0.25) is 0 Å². The Bertz CT molecular complexity index is 1110. The van der Waals surface area contributed by atoms with Crippen molar-refractivity contribution in [3.8, 4) is 5.88 Å². The van der Waals surface area contributed by atoms with Crippen molar-refractivity contribution in [1.29, 1.82) is 0 Å². The lowest BCUT2D eigenvalue weighted by atomic mass is 9.97. The topological polar surface area (TPSA) is 83.6 Å². The van der Waals surface area contributed by atoms with Gasteiger partial charge in [0.1, 0.15) is 18.3 Å². The molecule has 0 saturated heterocycles. The molecular formula is C25H29F3N4O3S. The summed E-state index contributed by atoms with van der Waals surface area (Å²) >= 11 is 1.27. The summed E-state index contributed by atoms with van der Waals surface area (Å²) in [4.78, 5) is 32.8. The SMILES string of the molecule is O=C(N[C@@H](CC1CCCC1)C(=O)NC1CC1)c1ccc(CN2CCOc3ncc(C(F)(F)F)cc32)s1. The number of carbonyl (C=O) groups excluding carboxylic acids is 2. The number of pyridine rings is 1. The summed E-state index contributed by atoms with van der Waals surface area (Å²) in [7, 11) is 0. The van der Waals surface area contributed by atoms with Crippen LogP contribution in [0.15, 0.2) is 24.4 Å². The Morgan fingerprint density at radius 2 is 1.97 bits per heavy atom. The average molecular weight is 523 g/mol. The molecule has 5 rings (SSSR count). The van der Waals surface area contributed by atoms with Gasteiger partial charge in [-0.25, -0.2) is 4.98 Å². The fourth-order valence-corrected chi connectivity index (χ4v) is 5.74.